The molecule has 3 N–H and O–H groups in total. The lowest BCUT2D eigenvalue weighted by Gasteiger charge is -2.21. The molecule has 1 aliphatic rings. The van der Waals surface area contributed by atoms with Crippen LogP contribution in [0.2, 0.25) is 0 Å². The van der Waals surface area contributed by atoms with Crippen molar-refractivity contribution in [3.8, 4) is 0 Å². The molecule has 0 saturated carbocycles. The summed E-state index contributed by atoms with van der Waals surface area (Å²) in [5.41, 5.74) is -0.0167. The van der Waals surface area contributed by atoms with Crippen molar-refractivity contribution >= 4 is 23.9 Å². The molecule has 0 spiro atoms. The number of amides is 6. The second-order valence-corrected chi connectivity index (χ2v) is 6.05. The minimum Gasteiger partial charge on any atom is -0.338 e. The lowest BCUT2D eigenvalue weighted by Crippen LogP contribution is -2.47. The molecule has 0 unspecified atom stereocenters. The van der Waals surface area contributed by atoms with Crippen LogP contribution in [0, 0.1) is 0 Å². The molecule has 1 aromatic rings. The van der Waals surface area contributed by atoms with Gasteiger partial charge in [-0.3, -0.25) is 19.8 Å². The highest BCUT2D eigenvalue weighted by molar-refractivity contribution is 6.09. The maximum absolute atomic E-state index is 12.6. The fraction of sp³-hybridized carbons (Fsp3) is 0.412. The number of urea groups is 2. The van der Waals surface area contributed by atoms with Gasteiger partial charge in [0, 0.05) is 6.54 Å². The minimum absolute atomic E-state index is 0.361. The van der Waals surface area contributed by atoms with Gasteiger partial charge in [0.25, 0.3) is 5.91 Å². The van der Waals surface area contributed by atoms with Gasteiger partial charge < -0.3 is 10.6 Å². The molecule has 25 heavy (non-hydrogen) atoms. The van der Waals surface area contributed by atoms with Gasteiger partial charge >= 0.3 is 12.1 Å². The zero-order chi connectivity index (χ0) is 18.4. The SMILES string of the molecule is CCNC(=O)NC(=O)CN1C(=O)N[C@@](C)(CCc2ccccc2)C1=O. The number of benzene rings is 1. The summed E-state index contributed by atoms with van der Waals surface area (Å²) in [5.74, 6) is -1.19. The van der Waals surface area contributed by atoms with Crippen molar-refractivity contribution in [3.05, 3.63) is 35.9 Å². The van der Waals surface area contributed by atoms with E-state index in [1.165, 1.54) is 0 Å². The summed E-state index contributed by atoms with van der Waals surface area (Å²) in [6, 6.07) is 8.32. The minimum atomic E-state index is -1.07. The van der Waals surface area contributed by atoms with E-state index < -0.39 is 36.0 Å². The van der Waals surface area contributed by atoms with E-state index >= 15 is 0 Å². The van der Waals surface area contributed by atoms with E-state index in [0.717, 1.165) is 10.5 Å². The number of carbonyl (C=O) groups excluding carboxylic acids is 4. The topological polar surface area (TPSA) is 108 Å². The first kappa shape index (κ1) is 18.4. The maximum atomic E-state index is 12.6. The zero-order valence-corrected chi connectivity index (χ0v) is 14.3. The van der Waals surface area contributed by atoms with Gasteiger partial charge in [0.1, 0.15) is 12.1 Å². The fourth-order valence-corrected chi connectivity index (χ4v) is 2.61. The third kappa shape index (κ3) is 4.56. The van der Waals surface area contributed by atoms with E-state index in [4.69, 9.17) is 0 Å². The van der Waals surface area contributed by atoms with Crippen molar-refractivity contribution in [2.45, 2.75) is 32.2 Å². The molecular formula is C17H22N4O4. The Morgan fingerprint density at radius 3 is 2.52 bits per heavy atom. The van der Waals surface area contributed by atoms with Crippen LogP contribution in [-0.2, 0) is 16.0 Å². The summed E-state index contributed by atoms with van der Waals surface area (Å²) in [6.07, 6.45) is 1.03. The average molecular weight is 346 g/mol. The quantitative estimate of drug-likeness (QED) is 0.661. The van der Waals surface area contributed by atoms with Gasteiger partial charge in [-0.15, -0.1) is 0 Å². The van der Waals surface area contributed by atoms with E-state index in [1.807, 2.05) is 30.3 Å². The van der Waals surface area contributed by atoms with Crippen molar-refractivity contribution in [1.29, 1.82) is 0 Å². The van der Waals surface area contributed by atoms with Crippen LogP contribution in [0.5, 0.6) is 0 Å². The first-order valence-corrected chi connectivity index (χ1v) is 8.11. The monoisotopic (exact) mass is 346 g/mol. The number of hydrogen-bond acceptors (Lipinski definition) is 4. The van der Waals surface area contributed by atoms with Crippen molar-refractivity contribution in [1.82, 2.24) is 20.9 Å². The van der Waals surface area contributed by atoms with Crippen LogP contribution < -0.4 is 16.0 Å². The molecule has 1 fully saturated rings. The Kier molecular flexibility index (Phi) is 5.74. The van der Waals surface area contributed by atoms with Gasteiger partial charge in [0.05, 0.1) is 0 Å². The molecule has 1 atom stereocenters. The molecule has 6 amide bonds. The molecule has 1 saturated heterocycles. The predicted molar refractivity (Wildman–Crippen MR) is 90.6 cm³/mol. The second-order valence-electron chi connectivity index (χ2n) is 6.05. The maximum Gasteiger partial charge on any atom is 0.325 e. The van der Waals surface area contributed by atoms with Gasteiger partial charge in [-0.05, 0) is 32.3 Å². The Balaban J connectivity index is 1.96. The first-order valence-electron chi connectivity index (χ1n) is 8.11. The average Bonchev–Trinajstić information content (AvgIpc) is 2.78. The molecule has 0 bridgehead atoms. The standard InChI is InChI=1S/C17H22N4O4/c1-3-18-15(24)19-13(22)11-21-14(23)17(2,20-16(21)25)10-9-12-7-5-4-6-8-12/h4-8H,3,9-11H2,1-2H3,(H,20,25)(H2,18,19,22,24)/t17-/m0/s1. The molecule has 1 aliphatic heterocycles. The highest BCUT2D eigenvalue weighted by Crippen LogP contribution is 2.23. The molecule has 8 heteroatoms. The number of aryl methyl sites for hydroxylation is 1. The lowest BCUT2D eigenvalue weighted by molar-refractivity contribution is -0.134. The van der Waals surface area contributed by atoms with Crippen LogP contribution in [-0.4, -0.2) is 47.4 Å². The smallest absolute Gasteiger partial charge is 0.325 e. The number of rotatable bonds is 6. The van der Waals surface area contributed by atoms with E-state index in [0.29, 0.717) is 19.4 Å². The van der Waals surface area contributed by atoms with E-state index in [1.54, 1.807) is 13.8 Å². The van der Waals surface area contributed by atoms with Gasteiger partial charge in [-0.25, -0.2) is 9.59 Å². The third-order valence-electron chi connectivity index (χ3n) is 3.99. The summed E-state index contributed by atoms with van der Waals surface area (Å²) in [4.78, 5) is 48.6. The third-order valence-corrected chi connectivity index (χ3v) is 3.99. The Morgan fingerprint density at radius 2 is 1.88 bits per heavy atom. The number of nitrogens with one attached hydrogen (secondary N) is 3. The summed E-state index contributed by atoms with van der Waals surface area (Å²) in [6.45, 7) is 3.21. The highest BCUT2D eigenvalue weighted by Gasteiger charge is 2.47. The molecular weight excluding hydrogens is 324 g/mol. The van der Waals surface area contributed by atoms with Crippen molar-refractivity contribution in [2.24, 2.45) is 0 Å². The van der Waals surface area contributed by atoms with Gasteiger partial charge in [-0.1, -0.05) is 30.3 Å². The second kappa shape index (κ2) is 7.78. The molecule has 1 aromatic carbocycles. The van der Waals surface area contributed by atoms with Crippen LogP contribution in [0.4, 0.5) is 9.59 Å². The Morgan fingerprint density at radius 1 is 1.20 bits per heavy atom. The Hall–Kier alpha value is -2.90. The normalized spacial score (nSPS) is 19.5. The van der Waals surface area contributed by atoms with Gasteiger partial charge in [0.15, 0.2) is 0 Å². The van der Waals surface area contributed by atoms with Crippen LogP contribution in [0.15, 0.2) is 30.3 Å². The summed E-state index contributed by atoms with van der Waals surface area (Å²) in [5, 5.41) is 7.12. The van der Waals surface area contributed by atoms with Crippen molar-refractivity contribution in [3.63, 3.8) is 0 Å². The van der Waals surface area contributed by atoms with Crippen LogP contribution >= 0.6 is 0 Å². The number of carbonyl (C=O) groups is 4. The van der Waals surface area contributed by atoms with Crippen LogP contribution in [0.25, 0.3) is 0 Å². The predicted octanol–water partition coefficient (Wildman–Crippen LogP) is 0.775. The van der Waals surface area contributed by atoms with Crippen molar-refractivity contribution in [2.75, 3.05) is 13.1 Å². The largest absolute Gasteiger partial charge is 0.338 e. The first-order chi connectivity index (χ1) is 11.9. The van der Waals surface area contributed by atoms with E-state index in [-0.39, 0.29) is 0 Å². The van der Waals surface area contributed by atoms with Crippen LogP contribution in [0.3, 0.4) is 0 Å². The Labute approximate surface area is 145 Å². The lowest BCUT2D eigenvalue weighted by atomic mass is 9.93. The molecule has 0 aliphatic carbocycles. The molecule has 134 valence electrons. The summed E-state index contributed by atoms with van der Waals surface area (Å²) >= 11 is 0. The fourth-order valence-electron chi connectivity index (χ4n) is 2.61. The molecule has 2 rings (SSSR count). The van der Waals surface area contributed by atoms with E-state index in [2.05, 4.69) is 16.0 Å². The summed E-state index contributed by atoms with van der Waals surface area (Å²) < 4.78 is 0. The number of nitrogens with zero attached hydrogens (tertiary/aromatic N) is 1. The highest BCUT2D eigenvalue weighted by atomic mass is 16.2. The number of hydrogen-bond donors (Lipinski definition) is 3. The Bertz CT molecular complexity index is 676. The molecule has 0 aromatic heterocycles. The van der Waals surface area contributed by atoms with Gasteiger partial charge in [0.2, 0.25) is 5.91 Å². The summed E-state index contributed by atoms with van der Waals surface area (Å²) in [7, 11) is 0. The van der Waals surface area contributed by atoms with Crippen LogP contribution in [0.1, 0.15) is 25.8 Å². The molecule has 1 heterocycles. The molecule has 8 nitrogen and oxygen atoms in total. The molecule has 0 radical (unpaired) electrons. The zero-order valence-electron chi connectivity index (χ0n) is 14.3. The van der Waals surface area contributed by atoms with Gasteiger partial charge in [-0.2, -0.15) is 0 Å². The number of imide groups is 2. The van der Waals surface area contributed by atoms with E-state index in [9.17, 15) is 19.2 Å². The van der Waals surface area contributed by atoms with Crippen molar-refractivity contribution < 1.29 is 19.2 Å².